The van der Waals surface area contributed by atoms with Crippen LogP contribution in [0.5, 0.6) is 5.75 Å². The fraction of sp³-hybridized carbons (Fsp3) is 0.111. The predicted molar refractivity (Wildman–Crippen MR) is 106 cm³/mol. The molecule has 2 amide bonds. The molecule has 0 unspecified atom stereocenters. The van der Waals surface area contributed by atoms with Gasteiger partial charge < -0.3 is 10.1 Å². The number of rotatable bonds is 5. The Morgan fingerprint density at radius 3 is 2.58 bits per heavy atom. The second-order valence-corrected chi connectivity index (χ2v) is 7.18. The molecule has 0 spiro atoms. The average molecular weight is 409 g/mol. The topological polar surface area (TPSA) is 58.6 Å². The van der Waals surface area contributed by atoms with Crippen molar-refractivity contribution in [1.82, 2.24) is 4.90 Å². The fourth-order valence-corrected chi connectivity index (χ4v) is 3.48. The zero-order valence-electron chi connectivity index (χ0n) is 13.7. The first-order chi connectivity index (χ1) is 12.5. The summed E-state index contributed by atoms with van der Waals surface area (Å²) in [4.78, 5) is 26.2. The van der Waals surface area contributed by atoms with Gasteiger partial charge in [-0.05, 0) is 53.7 Å². The zero-order valence-corrected chi connectivity index (χ0v) is 16.0. The number of imide groups is 1. The third-order valence-corrected chi connectivity index (χ3v) is 5.12. The van der Waals surface area contributed by atoms with Gasteiger partial charge in [-0.2, -0.15) is 0 Å². The molecule has 0 bridgehead atoms. The van der Waals surface area contributed by atoms with E-state index in [0.29, 0.717) is 20.6 Å². The monoisotopic (exact) mass is 408 g/mol. The lowest BCUT2D eigenvalue weighted by atomic mass is 10.2. The summed E-state index contributed by atoms with van der Waals surface area (Å²) >= 11 is 12.9. The Morgan fingerprint density at radius 2 is 1.88 bits per heavy atom. The number of ether oxygens (including phenoxy) is 1. The fourth-order valence-electron chi connectivity index (χ4n) is 2.29. The van der Waals surface area contributed by atoms with Crippen LogP contribution in [0, 0.1) is 0 Å². The van der Waals surface area contributed by atoms with E-state index in [9.17, 15) is 9.59 Å². The van der Waals surface area contributed by atoms with Crippen LogP contribution in [-0.4, -0.2) is 29.8 Å². The van der Waals surface area contributed by atoms with Crippen LogP contribution in [-0.2, 0) is 4.79 Å². The normalized spacial score (nSPS) is 15.7. The number of benzene rings is 2. The molecule has 1 N–H and O–H groups in total. The van der Waals surface area contributed by atoms with E-state index in [4.69, 9.17) is 27.9 Å². The van der Waals surface area contributed by atoms with Crippen LogP contribution in [0.1, 0.15) is 5.56 Å². The van der Waals surface area contributed by atoms with E-state index in [2.05, 4.69) is 5.32 Å². The van der Waals surface area contributed by atoms with Gasteiger partial charge in [0.1, 0.15) is 5.75 Å². The quantitative estimate of drug-likeness (QED) is 0.696. The lowest BCUT2D eigenvalue weighted by molar-refractivity contribution is -0.122. The number of nitrogens with zero attached hydrogens (tertiary/aromatic N) is 1. The van der Waals surface area contributed by atoms with E-state index in [1.807, 2.05) is 12.1 Å². The number of carbonyl (C=O) groups excluding carboxylic acids is 2. The molecule has 3 rings (SSSR count). The summed E-state index contributed by atoms with van der Waals surface area (Å²) in [5.41, 5.74) is 1.36. The van der Waals surface area contributed by atoms with Gasteiger partial charge in [-0.25, -0.2) is 0 Å². The largest absolute Gasteiger partial charge is 0.497 e. The van der Waals surface area contributed by atoms with Gasteiger partial charge in [0, 0.05) is 5.02 Å². The molecule has 26 heavy (non-hydrogen) atoms. The third-order valence-electron chi connectivity index (χ3n) is 3.64. The number of thioether (sulfide) groups is 1. The highest BCUT2D eigenvalue weighted by molar-refractivity contribution is 8.18. The van der Waals surface area contributed by atoms with E-state index in [1.165, 1.54) is 0 Å². The molecule has 5 nitrogen and oxygen atoms in total. The van der Waals surface area contributed by atoms with Crippen LogP contribution in [0.4, 0.5) is 10.5 Å². The lowest BCUT2D eigenvalue weighted by Crippen LogP contribution is -2.33. The van der Waals surface area contributed by atoms with Gasteiger partial charge in [-0.3, -0.25) is 14.5 Å². The number of nitrogens with one attached hydrogen (secondary N) is 1. The lowest BCUT2D eigenvalue weighted by Gasteiger charge is -2.15. The highest BCUT2D eigenvalue weighted by Crippen LogP contribution is 2.33. The second-order valence-electron chi connectivity index (χ2n) is 5.34. The van der Waals surface area contributed by atoms with E-state index < -0.39 is 0 Å². The molecule has 0 atom stereocenters. The van der Waals surface area contributed by atoms with Gasteiger partial charge in [-0.1, -0.05) is 35.3 Å². The minimum atomic E-state index is -0.360. The first-order valence-electron chi connectivity index (χ1n) is 7.56. The van der Waals surface area contributed by atoms with E-state index in [1.54, 1.807) is 43.5 Å². The first kappa shape index (κ1) is 18.6. The predicted octanol–water partition coefficient (Wildman–Crippen LogP) is 5.11. The van der Waals surface area contributed by atoms with Gasteiger partial charge >= 0.3 is 0 Å². The third kappa shape index (κ3) is 4.15. The summed E-state index contributed by atoms with van der Waals surface area (Å²) < 4.78 is 5.10. The summed E-state index contributed by atoms with van der Waals surface area (Å²) in [6.07, 6.45) is 1.68. The standard InChI is InChI=1S/C18H14Cl2N2O3S/c1-25-13-5-2-11(3-6-13)8-16-17(23)22(18(24)26-16)10-21-15-9-12(19)4-7-14(15)20/h2-9,21H,10H2,1H3/b16-8-. The summed E-state index contributed by atoms with van der Waals surface area (Å²) in [7, 11) is 1.58. The van der Waals surface area contributed by atoms with Gasteiger partial charge in [-0.15, -0.1) is 0 Å². The van der Waals surface area contributed by atoms with Crippen LogP contribution < -0.4 is 10.1 Å². The van der Waals surface area contributed by atoms with Gasteiger partial charge in [0.15, 0.2) is 0 Å². The number of carbonyl (C=O) groups is 2. The van der Waals surface area contributed by atoms with E-state index in [-0.39, 0.29) is 17.8 Å². The van der Waals surface area contributed by atoms with Crippen molar-refractivity contribution in [2.24, 2.45) is 0 Å². The molecule has 1 heterocycles. The number of methoxy groups -OCH3 is 1. The van der Waals surface area contributed by atoms with Crippen LogP contribution in [0.15, 0.2) is 47.4 Å². The Morgan fingerprint density at radius 1 is 1.15 bits per heavy atom. The molecule has 0 saturated carbocycles. The molecule has 134 valence electrons. The maximum absolute atomic E-state index is 12.5. The van der Waals surface area contributed by atoms with Crippen molar-refractivity contribution in [2.45, 2.75) is 0 Å². The highest BCUT2D eigenvalue weighted by Gasteiger charge is 2.34. The number of anilines is 1. The van der Waals surface area contributed by atoms with Crippen molar-refractivity contribution in [3.05, 3.63) is 63.0 Å². The van der Waals surface area contributed by atoms with Crippen LogP contribution in [0.2, 0.25) is 10.0 Å². The second kappa shape index (κ2) is 8.03. The summed E-state index contributed by atoms with van der Waals surface area (Å²) in [6, 6.07) is 12.2. The Labute approximate surface area is 164 Å². The van der Waals surface area contributed by atoms with Crippen molar-refractivity contribution >= 4 is 57.9 Å². The molecule has 0 aliphatic carbocycles. The molecule has 8 heteroatoms. The molecule has 1 aliphatic rings. The summed E-state index contributed by atoms with van der Waals surface area (Å²) in [6.45, 7) is 0.00464. The maximum Gasteiger partial charge on any atom is 0.295 e. The molecular formula is C18H14Cl2N2O3S. The molecular weight excluding hydrogens is 395 g/mol. The Bertz CT molecular complexity index is 885. The summed E-state index contributed by atoms with van der Waals surface area (Å²) in [5.74, 6) is 0.360. The molecule has 1 saturated heterocycles. The first-order valence-corrected chi connectivity index (χ1v) is 9.13. The van der Waals surface area contributed by atoms with Gasteiger partial charge in [0.2, 0.25) is 0 Å². The van der Waals surface area contributed by atoms with Crippen molar-refractivity contribution < 1.29 is 14.3 Å². The van der Waals surface area contributed by atoms with Crippen molar-refractivity contribution in [3.8, 4) is 5.75 Å². The molecule has 2 aromatic rings. The Hall–Kier alpha value is -2.15. The van der Waals surface area contributed by atoms with Crippen LogP contribution in [0.3, 0.4) is 0 Å². The van der Waals surface area contributed by atoms with Crippen molar-refractivity contribution in [3.63, 3.8) is 0 Å². The molecule has 2 aromatic carbocycles. The Balaban J connectivity index is 1.72. The van der Waals surface area contributed by atoms with Gasteiger partial charge in [0.05, 0.1) is 29.4 Å². The maximum atomic E-state index is 12.5. The van der Waals surface area contributed by atoms with Gasteiger partial charge in [0.25, 0.3) is 11.1 Å². The highest BCUT2D eigenvalue weighted by atomic mass is 35.5. The number of hydrogen-bond donors (Lipinski definition) is 1. The minimum absolute atomic E-state index is 0.00464. The SMILES string of the molecule is COc1ccc(/C=C2\SC(=O)N(CNc3cc(Cl)ccc3Cl)C2=O)cc1. The van der Waals surface area contributed by atoms with E-state index in [0.717, 1.165) is 28.0 Å². The minimum Gasteiger partial charge on any atom is -0.497 e. The summed E-state index contributed by atoms with van der Waals surface area (Å²) in [5, 5.41) is 3.58. The molecule has 1 aliphatic heterocycles. The van der Waals surface area contributed by atoms with Crippen molar-refractivity contribution in [2.75, 3.05) is 19.1 Å². The molecule has 0 radical (unpaired) electrons. The number of hydrogen-bond acceptors (Lipinski definition) is 5. The number of amides is 2. The number of halogens is 2. The van der Waals surface area contributed by atoms with Crippen molar-refractivity contribution in [1.29, 1.82) is 0 Å². The smallest absolute Gasteiger partial charge is 0.295 e. The van der Waals surface area contributed by atoms with Crippen LogP contribution in [0.25, 0.3) is 6.08 Å². The van der Waals surface area contributed by atoms with Crippen LogP contribution >= 0.6 is 35.0 Å². The zero-order chi connectivity index (χ0) is 18.7. The molecule has 1 fully saturated rings. The Kier molecular flexibility index (Phi) is 5.76. The van der Waals surface area contributed by atoms with E-state index >= 15 is 0 Å². The molecule has 0 aromatic heterocycles. The average Bonchev–Trinajstić information content (AvgIpc) is 2.90.